The standard InChI is InChI=1S/C16H15F3N2/c17-13-8-7-12(14(18)15(13)19)16(21-20)11-6-5-9-3-1-2-4-10(9)11/h1-4,7-8,11,16,21H,5-6,20H2. The highest BCUT2D eigenvalue weighted by atomic mass is 19.2. The fraction of sp³-hybridized carbons (Fsp3) is 0.250. The molecule has 2 aromatic rings. The number of hydrazine groups is 1. The van der Waals surface area contributed by atoms with Gasteiger partial charge in [0.1, 0.15) is 0 Å². The van der Waals surface area contributed by atoms with Crippen LogP contribution in [0.25, 0.3) is 0 Å². The van der Waals surface area contributed by atoms with Crippen LogP contribution < -0.4 is 11.3 Å². The molecule has 2 nitrogen and oxygen atoms in total. The van der Waals surface area contributed by atoms with Gasteiger partial charge in [-0.05, 0) is 30.0 Å². The van der Waals surface area contributed by atoms with Crippen LogP contribution in [0, 0.1) is 17.5 Å². The molecule has 1 aliphatic carbocycles. The SMILES string of the molecule is NNC(c1ccc(F)c(F)c1F)C1CCc2ccccc21. The third kappa shape index (κ3) is 2.32. The zero-order valence-electron chi connectivity index (χ0n) is 11.2. The van der Waals surface area contributed by atoms with Crippen LogP contribution in [0.15, 0.2) is 36.4 Å². The van der Waals surface area contributed by atoms with E-state index in [0.717, 1.165) is 24.5 Å². The second-order valence-corrected chi connectivity index (χ2v) is 5.25. The predicted molar refractivity (Wildman–Crippen MR) is 73.9 cm³/mol. The average Bonchev–Trinajstić information content (AvgIpc) is 2.92. The molecule has 2 aromatic carbocycles. The Balaban J connectivity index is 2.03. The third-order valence-electron chi connectivity index (χ3n) is 4.16. The molecule has 0 saturated carbocycles. The van der Waals surface area contributed by atoms with Gasteiger partial charge in [0.2, 0.25) is 0 Å². The lowest BCUT2D eigenvalue weighted by Gasteiger charge is -2.24. The summed E-state index contributed by atoms with van der Waals surface area (Å²) in [6.07, 6.45) is 1.65. The minimum atomic E-state index is -1.46. The summed E-state index contributed by atoms with van der Waals surface area (Å²) in [5.74, 6) is 1.67. The average molecular weight is 292 g/mol. The van der Waals surface area contributed by atoms with E-state index in [9.17, 15) is 13.2 Å². The molecule has 5 heteroatoms. The van der Waals surface area contributed by atoms with E-state index in [1.807, 2.05) is 24.3 Å². The highest BCUT2D eigenvalue weighted by molar-refractivity contribution is 5.38. The van der Waals surface area contributed by atoms with Crippen LogP contribution in [0.3, 0.4) is 0 Å². The van der Waals surface area contributed by atoms with Gasteiger partial charge >= 0.3 is 0 Å². The first kappa shape index (κ1) is 14.1. The molecule has 1 aliphatic rings. The first-order chi connectivity index (χ1) is 10.1. The maximum atomic E-state index is 14.0. The summed E-state index contributed by atoms with van der Waals surface area (Å²) in [6, 6.07) is 9.43. The smallest absolute Gasteiger partial charge is 0.194 e. The number of halogens is 3. The Labute approximate surface area is 120 Å². The number of fused-ring (bicyclic) bond motifs is 1. The van der Waals surface area contributed by atoms with Crippen LogP contribution in [-0.2, 0) is 6.42 Å². The molecule has 0 aromatic heterocycles. The van der Waals surface area contributed by atoms with Crippen molar-refractivity contribution in [1.29, 1.82) is 0 Å². The summed E-state index contributed by atoms with van der Waals surface area (Å²) in [7, 11) is 0. The molecule has 3 N–H and O–H groups in total. The lowest BCUT2D eigenvalue weighted by molar-refractivity contribution is 0.400. The van der Waals surface area contributed by atoms with Crippen LogP contribution in [0.5, 0.6) is 0 Å². The van der Waals surface area contributed by atoms with Gasteiger partial charge in [-0.25, -0.2) is 13.2 Å². The molecule has 2 unspecified atom stereocenters. The van der Waals surface area contributed by atoms with Gasteiger partial charge in [0.15, 0.2) is 17.5 Å². The van der Waals surface area contributed by atoms with Gasteiger partial charge in [0.05, 0.1) is 6.04 Å². The zero-order valence-corrected chi connectivity index (χ0v) is 11.2. The van der Waals surface area contributed by atoms with E-state index in [4.69, 9.17) is 5.84 Å². The van der Waals surface area contributed by atoms with Crippen molar-refractivity contribution in [3.05, 3.63) is 70.5 Å². The Hall–Kier alpha value is -1.85. The van der Waals surface area contributed by atoms with Gasteiger partial charge in [-0.1, -0.05) is 30.3 Å². The molecule has 3 rings (SSSR count). The van der Waals surface area contributed by atoms with E-state index in [0.29, 0.717) is 0 Å². The summed E-state index contributed by atoms with van der Waals surface area (Å²) in [6.45, 7) is 0. The normalized spacial score (nSPS) is 18.6. The van der Waals surface area contributed by atoms with Crippen molar-refractivity contribution in [1.82, 2.24) is 5.43 Å². The van der Waals surface area contributed by atoms with Gasteiger partial charge in [-0.2, -0.15) is 0 Å². The van der Waals surface area contributed by atoms with Crippen LogP contribution in [-0.4, -0.2) is 0 Å². The van der Waals surface area contributed by atoms with Crippen LogP contribution in [0.4, 0.5) is 13.2 Å². The second-order valence-electron chi connectivity index (χ2n) is 5.25. The second kappa shape index (κ2) is 5.50. The number of aryl methyl sites for hydroxylation is 1. The lowest BCUT2D eigenvalue weighted by Crippen LogP contribution is -2.33. The summed E-state index contributed by atoms with van der Waals surface area (Å²) in [5.41, 5.74) is 4.87. The molecule has 0 fully saturated rings. The Morgan fingerprint density at radius 3 is 2.57 bits per heavy atom. The first-order valence-corrected chi connectivity index (χ1v) is 6.80. The van der Waals surface area contributed by atoms with Crippen LogP contribution in [0.1, 0.15) is 35.1 Å². The van der Waals surface area contributed by atoms with Gasteiger partial charge in [-0.15, -0.1) is 0 Å². The number of benzene rings is 2. The fourth-order valence-corrected chi connectivity index (χ4v) is 3.14. The molecule has 0 radical (unpaired) electrons. The molecular formula is C16H15F3N2. The first-order valence-electron chi connectivity index (χ1n) is 6.80. The van der Waals surface area contributed by atoms with E-state index in [1.165, 1.54) is 11.6 Å². The van der Waals surface area contributed by atoms with Gasteiger partial charge in [0.25, 0.3) is 0 Å². The minimum absolute atomic E-state index is 0.0538. The molecule has 0 heterocycles. The van der Waals surface area contributed by atoms with E-state index in [1.54, 1.807) is 0 Å². The molecular weight excluding hydrogens is 277 g/mol. The number of nitrogens with two attached hydrogens (primary N) is 1. The Morgan fingerprint density at radius 1 is 1.05 bits per heavy atom. The lowest BCUT2D eigenvalue weighted by atomic mass is 9.88. The summed E-state index contributed by atoms with van der Waals surface area (Å²) in [5, 5.41) is 0. The summed E-state index contributed by atoms with van der Waals surface area (Å²) < 4.78 is 40.5. The number of hydrogen-bond acceptors (Lipinski definition) is 2. The molecule has 110 valence electrons. The van der Waals surface area contributed by atoms with Crippen LogP contribution in [0.2, 0.25) is 0 Å². The molecule has 0 amide bonds. The zero-order chi connectivity index (χ0) is 15.0. The predicted octanol–water partition coefficient (Wildman–Crippen LogP) is 3.34. The van der Waals surface area contributed by atoms with E-state index in [-0.39, 0.29) is 11.5 Å². The fourth-order valence-electron chi connectivity index (χ4n) is 3.14. The number of nitrogens with one attached hydrogen (secondary N) is 1. The molecule has 0 aliphatic heterocycles. The highest BCUT2D eigenvalue weighted by Crippen LogP contribution is 2.42. The quantitative estimate of drug-likeness (QED) is 0.517. The van der Waals surface area contributed by atoms with Crippen molar-refractivity contribution in [3.8, 4) is 0 Å². The van der Waals surface area contributed by atoms with E-state index >= 15 is 0 Å². The Morgan fingerprint density at radius 2 is 1.81 bits per heavy atom. The molecule has 0 spiro atoms. The van der Waals surface area contributed by atoms with E-state index < -0.39 is 23.5 Å². The maximum Gasteiger partial charge on any atom is 0.194 e. The van der Waals surface area contributed by atoms with Crippen molar-refractivity contribution in [2.24, 2.45) is 5.84 Å². The van der Waals surface area contributed by atoms with Crippen LogP contribution >= 0.6 is 0 Å². The van der Waals surface area contributed by atoms with Crippen molar-refractivity contribution in [2.75, 3.05) is 0 Å². The van der Waals surface area contributed by atoms with Crippen molar-refractivity contribution >= 4 is 0 Å². The minimum Gasteiger partial charge on any atom is -0.271 e. The summed E-state index contributed by atoms with van der Waals surface area (Å²) >= 11 is 0. The Kier molecular flexibility index (Phi) is 3.69. The largest absolute Gasteiger partial charge is 0.271 e. The molecule has 2 atom stereocenters. The highest BCUT2D eigenvalue weighted by Gasteiger charge is 2.32. The topological polar surface area (TPSA) is 38.0 Å². The summed E-state index contributed by atoms with van der Waals surface area (Å²) in [4.78, 5) is 0. The van der Waals surface area contributed by atoms with Crippen molar-refractivity contribution in [3.63, 3.8) is 0 Å². The van der Waals surface area contributed by atoms with Gasteiger partial charge in [-0.3, -0.25) is 11.3 Å². The van der Waals surface area contributed by atoms with Crippen molar-refractivity contribution < 1.29 is 13.2 Å². The Bertz CT molecular complexity index is 673. The molecule has 21 heavy (non-hydrogen) atoms. The van der Waals surface area contributed by atoms with Gasteiger partial charge < -0.3 is 0 Å². The number of rotatable bonds is 3. The third-order valence-corrected chi connectivity index (χ3v) is 4.16. The van der Waals surface area contributed by atoms with Gasteiger partial charge in [0, 0.05) is 11.5 Å². The number of hydrogen-bond donors (Lipinski definition) is 2. The van der Waals surface area contributed by atoms with E-state index in [2.05, 4.69) is 5.43 Å². The maximum absolute atomic E-state index is 14.0. The molecule has 0 bridgehead atoms. The monoisotopic (exact) mass is 292 g/mol. The molecule has 0 saturated heterocycles. The van der Waals surface area contributed by atoms with Crippen molar-refractivity contribution in [2.45, 2.75) is 24.8 Å².